The fraction of sp³-hybridized carbons (Fsp3) is 0.667. The van der Waals surface area contributed by atoms with Crippen molar-refractivity contribution in [2.24, 2.45) is 10.9 Å². The van der Waals surface area contributed by atoms with E-state index in [9.17, 15) is 4.79 Å². The average Bonchev–Trinajstić information content (AvgIpc) is 3.12. The third-order valence-corrected chi connectivity index (χ3v) is 6.16. The second-order valence-corrected chi connectivity index (χ2v) is 7.65. The van der Waals surface area contributed by atoms with Gasteiger partial charge in [-0.3, -0.25) is 14.7 Å². The average molecular weight is 492 g/mol. The van der Waals surface area contributed by atoms with Crippen molar-refractivity contribution in [3.8, 4) is 0 Å². The van der Waals surface area contributed by atoms with Crippen LogP contribution in [0.3, 0.4) is 0 Å². The lowest BCUT2D eigenvalue weighted by Gasteiger charge is -2.33. The molecule has 0 saturated carbocycles. The number of carbonyl (C=O) groups is 1. The number of hydrogen-bond donors (Lipinski definition) is 1. The molecule has 0 aromatic carbocycles. The first-order valence-electron chi connectivity index (χ1n) is 9.02. The fourth-order valence-corrected chi connectivity index (χ4v) is 4.54. The molecular formula is C18H29IN4O2S. The van der Waals surface area contributed by atoms with Crippen LogP contribution in [0.2, 0.25) is 0 Å². The second-order valence-electron chi connectivity index (χ2n) is 6.65. The molecule has 0 bridgehead atoms. The van der Waals surface area contributed by atoms with Gasteiger partial charge in [0.25, 0.3) is 0 Å². The third kappa shape index (κ3) is 5.32. The van der Waals surface area contributed by atoms with Crippen LogP contribution in [0.25, 0.3) is 0 Å². The Morgan fingerprint density at radius 1 is 1.38 bits per heavy atom. The number of carbonyl (C=O) groups excluding carboxylic acids is 1. The number of nitrogens with one attached hydrogen (secondary N) is 1. The minimum absolute atomic E-state index is 0. The lowest BCUT2D eigenvalue weighted by Crippen LogP contribution is -2.48. The predicted molar refractivity (Wildman–Crippen MR) is 116 cm³/mol. The lowest BCUT2D eigenvalue weighted by atomic mass is 9.97. The molecule has 26 heavy (non-hydrogen) atoms. The highest BCUT2D eigenvalue weighted by Crippen LogP contribution is 2.23. The van der Waals surface area contributed by atoms with Crippen molar-refractivity contribution in [1.82, 2.24) is 15.1 Å². The molecule has 0 radical (unpaired) electrons. The number of nitrogens with zero attached hydrogens (tertiary/aromatic N) is 3. The first-order valence-corrected chi connectivity index (χ1v) is 9.90. The number of ether oxygens (including phenoxy) is 1. The molecule has 2 aliphatic heterocycles. The van der Waals surface area contributed by atoms with E-state index < -0.39 is 0 Å². The maximum Gasteiger partial charge on any atom is 0.308 e. The van der Waals surface area contributed by atoms with E-state index in [1.54, 1.807) is 4.88 Å². The van der Waals surface area contributed by atoms with Crippen LogP contribution in [0.5, 0.6) is 0 Å². The highest BCUT2D eigenvalue weighted by molar-refractivity contribution is 14.0. The SMILES string of the molecule is CN=C(NCCN1CCc2sccc2C1)N1CCC(C(=O)OC)CC1.I. The number of esters is 1. The highest BCUT2D eigenvalue weighted by atomic mass is 127. The van der Waals surface area contributed by atoms with Gasteiger partial charge in [0.15, 0.2) is 5.96 Å². The molecule has 8 heteroatoms. The van der Waals surface area contributed by atoms with Crippen LogP contribution in [0.15, 0.2) is 16.4 Å². The van der Waals surface area contributed by atoms with E-state index in [0.717, 1.165) is 58.1 Å². The number of fused-ring (bicyclic) bond motifs is 1. The van der Waals surface area contributed by atoms with Crippen molar-refractivity contribution in [3.05, 3.63) is 21.9 Å². The Kier molecular flexibility index (Phi) is 8.62. The zero-order chi connectivity index (χ0) is 17.6. The van der Waals surface area contributed by atoms with E-state index in [2.05, 4.69) is 31.6 Å². The van der Waals surface area contributed by atoms with Gasteiger partial charge in [-0.2, -0.15) is 0 Å². The van der Waals surface area contributed by atoms with Gasteiger partial charge in [0.1, 0.15) is 0 Å². The number of aliphatic imine (C=N–C) groups is 1. The molecule has 0 spiro atoms. The molecule has 3 rings (SSSR count). The Bertz CT molecular complexity index is 614. The third-order valence-electron chi connectivity index (χ3n) is 5.14. The van der Waals surface area contributed by atoms with Crippen LogP contribution in [-0.4, -0.2) is 68.6 Å². The molecule has 3 heterocycles. The van der Waals surface area contributed by atoms with Gasteiger partial charge in [0, 0.05) is 51.2 Å². The van der Waals surface area contributed by atoms with Crippen LogP contribution < -0.4 is 5.32 Å². The van der Waals surface area contributed by atoms with Gasteiger partial charge in [0.2, 0.25) is 0 Å². The number of piperidine rings is 1. The van der Waals surface area contributed by atoms with Gasteiger partial charge in [-0.1, -0.05) is 0 Å². The van der Waals surface area contributed by atoms with Gasteiger partial charge in [-0.25, -0.2) is 0 Å². The smallest absolute Gasteiger partial charge is 0.308 e. The molecule has 1 aromatic heterocycles. The van der Waals surface area contributed by atoms with Crippen molar-refractivity contribution in [2.45, 2.75) is 25.8 Å². The van der Waals surface area contributed by atoms with Gasteiger partial charge in [-0.15, -0.1) is 35.3 Å². The molecule has 6 nitrogen and oxygen atoms in total. The molecule has 146 valence electrons. The van der Waals surface area contributed by atoms with Crippen LogP contribution in [0, 0.1) is 5.92 Å². The van der Waals surface area contributed by atoms with Gasteiger partial charge >= 0.3 is 5.97 Å². The van der Waals surface area contributed by atoms with Crippen molar-refractivity contribution < 1.29 is 9.53 Å². The number of methoxy groups -OCH3 is 1. The number of thiophene rings is 1. The summed E-state index contributed by atoms with van der Waals surface area (Å²) in [4.78, 5) is 22.3. The normalized spacial score (nSPS) is 18.8. The van der Waals surface area contributed by atoms with Crippen molar-refractivity contribution in [3.63, 3.8) is 0 Å². The summed E-state index contributed by atoms with van der Waals surface area (Å²) in [5.74, 6) is 0.893. The summed E-state index contributed by atoms with van der Waals surface area (Å²) in [6.45, 7) is 5.81. The Morgan fingerprint density at radius 2 is 2.15 bits per heavy atom. The molecule has 1 fully saturated rings. The van der Waals surface area contributed by atoms with Crippen molar-refractivity contribution >= 4 is 47.2 Å². The minimum atomic E-state index is -0.0829. The highest BCUT2D eigenvalue weighted by Gasteiger charge is 2.27. The fourth-order valence-electron chi connectivity index (χ4n) is 3.65. The largest absolute Gasteiger partial charge is 0.469 e. The van der Waals surface area contributed by atoms with Crippen molar-refractivity contribution in [1.29, 1.82) is 0 Å². The van der Waals surface area contributed by atoms with E-state index in [-0.39, 0.29) is 35.9 Å². The zero-order valence-corrected chi connectivity index (χ0v) is 18.7. The molecule has 1 saturated heterocycles. The molecule has 0 amide bonds. The van der Waals surface area contributed by atoms with Gasteiger partial charge in [0.05, 0.1) is 13.0 Å². The first kappa shape index (κ1) is 21.4. The number of likely N-dealkylation sites (tertiary alicyclic amines) is 1. The van der Waals surface area contributed by atoms with Gasteiger partial charge < -0.3 is 15.0 Å². The Hall–Kier alpha value is -0.870. The van der Waals surface area contributed by atoms with Gasteiger partial charge in [-0.05, 0) is 36.3 Å². The van der Waals surface area contributed by atoms with Crippen LogP contribution in [0.1, 0.15) is 23.3 Å². The summed E-state index contributed by atoms with van der Waals surface area (Å²) in [5, 5.41) is 5.68. The van der Waals surface area contributed by atoms with Crippen LogP contribution in [-0.2, 0) is 22.5 Å². The number of rotatable bonds is 4. The standard InChI is InChI=1S/C18H28N4O2S.HI/c1-19-18(22-9-3-14(4-10-22)17(23)24-2)20-7-11-21-8-5-16-15(13-21)6-12-25-16;/h6,12,14H,3-5,7-11,13H2,1-2H3,(H,19,20);1H. The zero-order valence-electron chi connectivity index (χ0n) is 15.6. The summed E-state index contributed by atoms with van der Waals surface area (Å²) in [5.41, 5.74) is 1.49. The molecule has 0 unspecified atom stereocenters. The molecule has 1 N–H and O–H groups in total. The summed E-state index contributed by atoms with van der Waals surface area (Å²) in [6, 6.07) is 2.25. The summed E-state index contributed by atoms with van der Waals surface area (Å²) in [7, 11) is 3.29. The maximum atomic E-state index is 11.6. The Morgan fingerprint density at radius 3 is 2.85 bits per heavy atom. The number of guanidine groups is 1. The maximum absolute atomic E-state index is 11.6. The number of hydrogen-bond acceptors (Lipinski definition) is 5. The molecule has 1 aromatic rings. The van der Waals surface area contributed by atoms with E-state index >= 15 is 0 Å². The lowest BCUT2D eigenvalue weighted by molar-refractivity contribution is -0.146. The van der Waals surface area contributed by atoms with Crippen molar-refractivity contribution in [2.75, 3.05) is 46.9 Å². The summed E-state index contributed by atoms with van der Waals surface area (Å²) in [6.07, 6.45) is 2.84. The van der Waals surface area contributed by atoms with E-state index in [0.29, 0.717) is 0 Å². The second kappa shape index (κ2) is 10.5. The quantitative estimate of drug-likeness (QED) is 0.302. The monoisotopic (exact) mass is 492 g/mol. The van der Waals surface area contributed by atoms with Crippen LogP contribution in [0.4, 0.5) is 0 Å². The summed E-state index contributed by atoms with van der Waals surface area (Å²) < 4.78 is 4.85. The Balaban J connectivity index is 0.00000243. The predicted octanol–water partition coefficient (Wildman–Crippen LogP) is 2.18. The summed E-state index contributed by atoms with van der Waals surface area (Å²) >= 11 is 1.88. The topological polar surface area (TPSA) is 57.2 Å². The minimum Gasteiger partial charge on any atom is -0.469 e. The molecular weight excluding hydrogens is 463 g/mol. The van der Waals surface area contributed by atoms with E-state index in [1.165, 1.54) is 19.1 Å². The van der Waals surface area contributed by atoms with E-state index in [1.807, 2.05) is 18.4 Å². The van der Waals surface area contributed by atoms with Crippen LogP contribution >= 0.6 is 35.3 Å². The molecule has 0 atom stereocenters. The molecule has 2 aliphatic rings. The number of halogens is 1. The van der Waals surface area contributed by atoms with E-state index in [4.69, 9.17) is 4.74 Å². The Labute approximate surface area is 177 Å². The molecule has 0 aliphatic carbocycles. The first-order chi connectivity index (χ1) is 12.2.